The predicted octanol–water partition coefficient (Wildman–Crippen LogP) is 5.99. The Labute approximate surface area is 126 Å². The lowest BCUT2D eigenvalue weighted by Crippen LogP contribution is -1.70. The molecule has 0 atom stereocenters. The van der Waals surface area contributed by atoms with Crippen molar-refractivity contribution in [1.82, 2.24) is 0 Å². The molecule has 0 bridgehead atoms. The fraction of sp³-hybridized carbons (Fsp3) is 0. The van der Waals surface area contributed by atoms with Gasteiger partial charge in [-0.1, -0.05) is 27.5 Å². The number of aromatic hydroxyl groups is 1. The molecule has 2 aromatic rings. The summed E-state index contributed by atoms with van der Waals surface area (Å²) in [4.78, 5) is 0. The molecule has 0 aliphatic heterocycles. The average Bonchev–Trinajstić information content (AvgIpc) is 2.34. The van der Waals surface area contributed by atoms with Crippen molar-refractivity contribution in [1.29, 1.82) is 0 Å². The zero-order valence-corrected chi connectivity index (χ0v) is 12.9. The third-order valence-electron chi connectivity index (χ3n) is 2.11. The summed E-state index contributed by atoms with van der Waals surface area (Å²) in [5.41, 5.74) is 1.01. The summed E-state index contributed by atoms with van der Waals surface area (Å²) in [6.07, 6.45) is 0. The number of phenolic OH excluding ortho intramolecular Hbond substituents is 1. The molecule has 0 heterocycles. The molecular formula is C12H7Br2ClN2O. The van der Waals surface area contributed by atoms with E-state index in [2.05, 4.69) is 42.1 Å². The highest BCUT2D eigenvalue weighted by atomic mass is 79.9. The summed E-state index contributed by atoms with van der Waals surface area (Å²) >= 11 is 12.5. The van der Waals surface area contributed by atoms with Crippen LogP contribution in [-0.2, 0) is 0 Å². The normalized spacial score (nSPS) is 11.1. The Balaban J connectivity index is 2.29. The summed E-state index contributed by atoms with van der Waals surface area (Å²) in [5, 5.41) is 18.2. The highest BCUT2D eigenvalue weighted by molar-refractivity contribution is 9.10. The largest absolute Gasteiger partial charge is 0.506 e. The van der Waals surface area contributed by atoms with E-state index in [9.17, 15) is 5.11 Å². The van der Waals surface area contributed by atoms with E-state index in [1.807, 2.05) is 0 Å². The first-order valence-corrected chi connectivity index (χ1v) is 6.88. The average molecular weight is 390 g/mol. The summed E-state index contributed by atoms with van der Waals surface area (Å²) in [6, 6.07) is 10.2. The molecule has 0 fully saturated rings. The van der Waals surface area contributed by atoms with Gasteiger partial charge in [-0.05, 0) is 52.3 Å². The molecule has 3 nitrogen and oxygen atoms in total. The van der Waals surface area contributed by atoms with Gasteiger partial charge in [-0.15, -0.1) is 5.11 Å². The topological polar surface area (TPSA) is 45.0 Å². The van der Waals surface area contributed by atoms with Crippen molar-refractivity contribution in [3.8, 4) is 5.75 Å². The van der Waals surface area contributed by atoms with Crippen molar-refractivity contribution in [2.75, 3.05) is 0 Å². The van der Waals surface area contributed by atoms with Crippen molar-refractivity contribution in [2.45, 2.75) is 0 Å². The number of rotatable bonds is 2. The first kappa shape index (κ1) is 13.5. The summed E-state index contributed by atoms with van der Waals surface area (Å²) in [7, 11) is 0. The number of benzene rings is 2. The van der Waals surface area contributed by atoms with Gasteiger partial charge in [-0.25, -0.2) is 0 Å². The molecular weight excluding hydrogens is 383 g/mol. The molecule has 92 valence electrons. The van der Waals surface area contributed by atoms with Gasteiger partial charge in [0.25, 0.3) is 0 Å². The molecule has 2 rings (SSSR count). The Bertz CT molecular complexity index is 617. The third-order valence-corrected chi connectivity index (χ3v) is 3.84. The van der Waals surface area contributed by atoms with Crippen LogP contribution in [0.3, 0.4) is 0 Å². The summed E-state index contributed by atoms with van der Waals surface area (Å²) in [5.74, 6) is 0.0742. The number of phenols is 1. The Morgan fingerprint density at radius 3 is 2.50 bits per heavy atom. The summed E-state index contributed by atoms with van der Waals surface area (Å²) < 4.78 is 1.62. The van der Waals surface area contributed by atoms with Gasteiger partial charge in [0.15, 0.2) is 0 Å². The molecule has 0 unspecified atom stereocenters. The van der Waals surface area contributed by atoms with E-state index in [1.165, 1.54) is 0 Å². The maximum Gasteiger partial charge on any atom is 0.143 e. The van der Waals surface area contributed by atoms with Crippen molar-refractivity contribution in [2.24, 2.45) is 10.2 Å². The standard InChI is InChI=1S/C12H7Br2ClN2O/c13-7-1-4-12(18)11(5-7)17-16-8-2-3-9(14)10(15)6-8/h1-6,18H. The van der Waals surface area contributed by atoms with Crippen LogP contribution < -0.4 is 0 Å². The molecule has 0 radical (unpaired) electrons. The maximum absolute atomic E-state index is 9.60. The first-order chi connectivity index (χ1) is 8.56. The fourth-order valence-electron chi connectivity index (χ4n) is 1.24. The second-order valence-corrected chi connectivity index (χ2v) is 5.61. The Morgan fingerprint density at radius 2 is 1.78 bits per heavy atom. The van der Waals surface area contributed by atoms with Crippen LogP contribution in [0.4, 0.5) is 11.4 Å². The monoisotopic (exact) mass is 388 g/mol. The SMILES string of the molecule is Oc1ccc(Br)cc1N=Nc1ccc(Br)c(Cl)c1. The van der Waals surface area contributed by atoms with Gasteiger partial charge >= 0.3 is 0 Å². The molecule has 0 saturated heterocycles. The Hall–Kier alpha value is -0.910. The van der Waals surface area contributed by atoms with Crippen LogP contribution in [0.25, 0.3) is 0 Å². The van der Waals surface area contributed by atoms with Crippen LogP contribution in [0, 0.1) is 0 Å². The van der Waals surface area contributed by atoms with Crippen molar-refractivity contribution in [3.05, 3.63) is 50.4 Å². The van der Waals surface area contributed by atoms with Crippen molar-refractivity contribution < 1.29 is 5.11 Å². The smallest absolute Gasteiger partial charge is 0.143 e. The van der Waals surface area contributed by atoms with E-state index >= 15 is 0 Å². The van der Waals surface area contributed by atoms with Gasteiger partial charge in [0, 0.05) is 8.95 Å². The van der Waals surface area contributed by atoms with E-state index in [4.69, 9.17) is 11.6 Å². The van der Waals surface area contributed by atoms with Crippen LogP contribution in [-0.4, -0.2) is 5.11 Å². The fourth-order valence-corrected chi connectivity index (χ4v) is 2.01. The van der Waals surface area contributed by atoms with Crippen LogP contribution in [0.2, 0.25) is 5.02 Å². The van der Waals surface area contributed by atoms with Crippen molar-refractivity contribution >= 4 is 54.8 Å². The second-order valence-electron chi connectivity index (χ2n) is 3.43. The van der Waals surface area contributed by atoms with E-state index in [-0.39, 0.29) is 5.75 Å². The number of halogens is 3. The zero-order valence-electron chi connectivity index (χ0n) is 8.94. The number of hydrogen-bond acceptors (Lipinski definition) is 3. The van der Waals surface area contributed by atoms with Gasteiger partial charge in [0.05, 0.1) is 10.7 Å². The quantitative estimate of drug-likeness (QED) is 0.629. The highest BCUT2D eigenvalue weighted by Gasteiger charge is 2.01. The molecule has 0 aliphatic rings. The van der Waals surface area contributed by atoms with Crippen LogP contribution >= 0.6 is 43.5 Å². The maximum atomic E-state index is 9.60. The molecule has 0 saturated carbocycles. The lowest BCUT2D eigenvalue weighted by atomic mass is 10.3. The highest BCUT2D eigenvalue weighted by Crippen LogP contribution is 2.32. The molecule has 0 aromatic heterocycles. The number of azo groups is 1. The molecule has 18 heavy (non-hydrogen) atoms. The minimum absolute atomic E-state index is 0.0742. The van der Waals surface area contributed by atoms with Gasteiger partial charge < -0.3 is 5.11 Å². The Morgan fingerprint density at radius 1 is 1.00 bits per heavy atom. The van der Waals surface area contributed by atoms with Gasteiger partial charge in [-0.3, -0.25) is 0 Å². The van der Waals surface area contributed by atoms with Crippen molar-refractivity contribution in [3.63, 3.8) is 0 Å². The van der Waals surface area contributed by atoms with Gasteiger partial charge in [0.2, 0.25) is 0 Å². The molecule has 0 spiro atoms. The number of hydrogen-bond donors (Lipinski definition) is 1. The van der Waals surface area contributed by atoms with Crippen LogP contribution in [0.5, 0.6) is 5.75 Å². The molecule has 0 amide bonds. The van der Waals surface area contributed by atoms with Gasteiger partial charge in [-0.2, -0.15) is 5.11 Å². The Kier molecular flexibility index (Phi) is 4.37. The van der Waals surface area contributed by atoms with E-state index < -0.39 is 0 Å². The van der Waals surface area contributed by atoms with E-state index in [0.29, 0.717) is 16.4 Å². The zero-order chi connectivity index (χ0) is 13.1. The summed E-state index contributed by atoms with van der Waals surface area (Å²) in [6.45, 7) is 0. The van der Waals surface area contributed by atoms with Crippen LogP contribution in [0.15, 0.2) is 55.6 Å². The predicted molar refractivity (Wildman–Crippen MR) is 79.1 cm³/mol. The molecule has 2 aromatic carbocycles. The minimum Gasteiger partial charge on any atom is -0.506 e. The van der Waals surface area contributed by atoms with Crippen LogP contribution in [0.1, 0.15) is 0 Å². The molecule has 1 N–H and O–H groups in total. The third kappa shape index (κ3) is 3.31. The lowest BCUT2D eigenvalue weighted by Gasteiger charge is -1.99. The minimum atomic E-state index is 0.0742. The van der Waals surface area contributed by atoms with E-state index in [1.54, 1.807) is 36.4 Å². The van der Waals surface area contributed by atoms with Gasteiger partial charge in [0.1, 0.15) is 11.4 Å². The number of nitrogens with zero attached hydrogens (tertiary/aromatic N) is 2. The first-order valence-electron chi connectivity index (χ1n) is 4.91. The van der Waals surface area contributed by atoms with E-state index in [0.717, 1.165) is 8.95 Å². The second kappa shape index (κ2) is 5.82. The lowest BCUT2D eigenvalue weighted by molar-refractivity contribution is 0.476. The molecule has 0 aliphatic carbocycles. The molecule has 6 heteroatoms.